The summed E-state index contributed by atoms with van der Waals surface area (Å²) in [6.45, 7) is 71.5. The van der Waals surface area contributed by atoms with Gasteiger partial charge in [-0.25, -0.2) is 0 Å². The zero-order valence-corrected chi connectivity index (χ0v) is 59.3. The summed E-state index contributed by atoms with van der Waals surface area (Å²) in [4.78, 5) is 0. The smallest absolute Gasteiger partial charge is 0.0132 e. The fraction of sp³-hybridized carbons (Fsp3) is 0.620. The molecule has 0 aliphatic heterocycles. The quantitative estimate of drug-likeness (QED) is 0.152. The minimum Gasteiger partial charge on any atom is -0.0776 e. The van der Waals surface area contributed by atoms with E-state index < -0.39 is 0 Å². The van der Waals surface area contributed by atoms with E-state index in [1.54, 1.807) is 0 Å². The van der Waals surface area contributed by atoms with Crippen LogP contribution in [0.3, 0.4) is 0 Å². The first-order valence-electron chi connectivity index (χ1n) is 31.5. The van der Waals surface area contributed by atoms with Gasteiger partial charge in [-0.05, 0) is 99.2 Å². The monoisotopic (exact) mass is 1100 g/mol. The van der Waals surface area contributed by atoms with Crippen molar-refractivity contribution in [2.24, 2.45) is 23.2 Å². The maximum absolute atomic E-state index is 2.23. The molecule has 0 amide bonds. The lowest BCUT2D eigenvalue weighted by molar-refractivity contribution is 0.469. The number of benzene rings is 5. The summed E-state index contributed by atoms with van der Waals surface area (Å²) in [5.74, 6) is 3.26. The Morgan fingerprint density at radius 2 is 0.582 bits per heavy atom. The zero-order chi connectivity index (χ0) is 62.7. The predicted octanol–water partition coefficient (Wildman–Crippen LogP) is 28.2. The van der Waals surface area contributed by atoms with Gasteiger partial charge in [0.1, 0.15) is 0 Å². The summed E-state index contributed by atoms with van der Waals surface area (Å²) in [5, 5.41) is 0. The molecular weight excluding hydrogens is 949 g/mol. The molecule has 0 N–H and O–H groups in total. The van der Waals surface area contributed by atoms with Crippen molar-refractivity contribution < 1.29 is 0 Å². The second kappa shape index (κ2) is 66.6. The van der Waals surface area contributed by atoms with Crippen LogP contribution in [0.5, 0.6) is 0 Å². The second-order valence-corrected chi connectivity index (χ2v) is 24.7. The topological polar surface area (TPSA) is 0 Å². The first-order valence-corrected chi connectivity index (χ1v) is 31.5. The number of rotatable bonds is 7. The fourth-order valence-corrected chi connectivity index (χ4v) is 4.35. The van der Waals surface area contributed by atoms with Crippen molar-refractivity contribution in [3.63, 3.8) is 0 Å². The average molecular weight is 1100 g/mol. The molecule has 5 aromatic carbocycles. The molecule has 79 heavy (non-hydrogen) atoms. The second-order valence-electron chi connectivity index (χ2n) is 24.7. The molecule has 0 aliphatic rings. The molecule has 0 fully saturated rings. The first kappa shape index (κ1) is 94.4. The van der Waals surface area contributed by atoms with Crippen LogP contribution in [0, 0.1) is 64.7 Å². The van der Waals surface area contributed by atoms with Gasteiger partial charge in [-0.15, -0.1) is 0 Å². The molecule has 5 rings (SSSR count). The summed E-state index contributed by atoms with van der Waals surface area (Å²) < 4.78 is 0. The molecule has 462 valence electrons. The van der Waals surface area contributed by atoms with Crippen LogP contribution in [0.1, 0.15) is 302 Å². The van der Waals surface area contributed by atoms with E-state index in [4.69, 9.17) is 0 Å². The number of hydrogen-bond acceptors (Lipinski definition) is 0. The molecule has 0 atom stereocenters. The third kappa shape index (κ3) is 96.7. The van der Waals surface area contributed by atoms with E-state index >= 15 is 0 Å². The van der Waals surface area contributed by atoms with Crippen LogP contribution in [0.15, 0.2) is 127 Å². The van der Waals surface area contributed by atoms with Crippen LogP contribution in [-0.2, 0) is 11.8 Å². The summed E-state index contributed by atoms with van der Waals surface area (Å²) in [7, 11) is 0. The highest BCUT2D eigenvalue weighted by molar-refractivity contribution is 5.27. The van der Waals surface area contributed by atoms with Crippen molar-refractivity contribution in [1.29, 1.82) is 0 Å². The normalized spacial score (nSPS) is 9.38. The van der Waals surface area contributed by atoms with E-state index in [1.807, 2.05) is 32.0 Å². The third-order valence-electron chi connectivity index (χ3n) is 10.2. The van der Waals surface area contributed by atoms with Crippen LogP contribution >= 0.6 is 0 Å². The van der Waals surface area contributed by atoms with Crippen molar-refractivity contribution in [3.8, 4) is 0 Å². The Morgan fingerprint density at radius 1 is 0.354 bits per heavy atom. The molecule has 0 aliphatic carbocycles. The molecule has 0 heteroatoms. The van der Waals surface area contributed by atoms with Gasteiger partial charge in [-0.1, -0.05) is 407 Å². The molecule has 0 bridgehead atoms. The predicted molar refractivity (Wildman–Crippen MR) is 379 cm³/mol. The largest absolute Gasteiger partial charge is 0.0776 e. The summed E-state index contributed by atoms with van der Waals surface area (Å²) >= 11 is 0. The number of hydrogen-bond donors (Lipinski definition) is 0. The van der Waals surface area contributed by atoms with Crippen LogP contribution < -0.4 is 0 Å². The lowest BCUT2D eigenvalue weighted by atomic mass is 9.87. The number of unbranched alkanes of at least 4 members (excludes halogenated alkanes) is 3. The molecule has 0 unspecified atom stereocenters. The Morgan fingerprint density at radius 3 is 0.747 bits per heavy atom. The highest BCUT2D eigenvalue weighted by Gasteiger charge is 2.12. The molecular formula is C79H146. The standard InChI is InChI=1S/C11H16.C10H14.C9H12.C8H10.C7H8.4C5H12.2C4H10.C3H8.C2H6.CH4/c1-9-5-7-10(8-6-9)11(2,3)4;1-8(2)10-6-4-9(3)5-7-10;1-3-9-6-4-8(2)5-7-9;1-7-3-5-8(2)6-4-7;1-7-5-3-2-4-6-7;1-5(2,3)4;2*1-4-5(2)3;1-3-5-4-2;1-4(2)3;1-3-4-2;1-3-2;1-2;/h5-8H,1-4H3;4-8H,1-3H3;4-7H,3H2,1-2H3;3-6H,1-2H3;2-6H,1H3;1-4H3;2*5H,4H2,1-3H3;3-5H2,1-2H3;4H,1-3H3;3-4H2,1-2H3;3H2,1-2H3;1-2H3;1H4. The molecule has 0 radical (unpaired) electrons. The lowest BCUT2D eigenvalue weighted by Gasteiger charge is -2.18. The van der Waals surface area contributed by atoms with Gasteiger partial charge in [0.2, 0.25) is 0 Å². The average Bonchev–Trinajstić information content (AvgIpc) is 3.37. The van der Waals surface area contributed by atoms with Gasteiger partial charge in [0.25, 0.3) is 0 Å². The van der Waals surface area contributed by atoms with Crippen molar-refractivity contribution >= 4 is 0 Å². The molecule has 0 aromatic heterocycles. The van der Waals surface area contributed by atoms with Crippen LogP contribution in [0.25, 0.3) is 0 Å². The lowest BCUT2D eigenvalue weighted by Crippen LogP contribution is -2.10. The van der Waals surface area contributed by atoms with Crippen molar-refractivity contribution in [2.75, 3.05) is 0 Å². The zero-order valence-electron chi connectivity index (χ0n) is 59.3. The van der Waals surface area contributed by atoms with Gasteiger partial charge in [0, 0.05) is 0 Å². The maximum atomic E-state index is 2.23. The minimum atomic E-state index is 0. The molecule has 0 heterocycles. The van der Waals surface area contributed by atoms with Gasteiger partial charge in [-0.3, -0.25) is 0 Å². The van der Waals surface area contributed by atoms with Gasteiger partial charge in [0.15, 0.2) is 0 Å². The highest BCUT2D eigenvalue weighted by Crippen LogP contribution is 2.22. The van der Waals surface area contributed by atoms with Gasteiger partial charge >= 0.3 is 0 Å². The van der Waals surface area contributed by atoms with E-state index in [-0.39, 0.29) is 12.8 Å². The van der Waals surface area contributed by atoms with E-state index in [2.05, 4.69) is 324 Å². The molecule has 5 aromatic rings. The maximum Gasteiger partial charge on any atom is -0.0132 e. The van der Waals surface area contributed by atoms with Crippen molar-refractivity contribution in [3.05, 3.63) is 177 Å². The summed E-state index contributed by atoms with van der Waals surface area (Å²) in [6.07, 6.45) is 11.7. The number of aryl methyl sites for hydroxylation is 7. The van der Waals surface area contributed by atoms with Crippen molar-refractivity contribution in [1.82, 2.24) is 0 Å². The van der Waals surface area contributed by atoms with Crippen molar-refractivity contribution in [2.45, 2.75) is 305 Å². The van der Waals surface area contributed by atoms with E-state index in [0.717, 1.165) is 24.2 Å². The van der Waals surface area contributed by atoms with Gasteiger partial charge in [0.05, 0.1) is 0 Å². The van der Waals surface area contributed by atoms with Crippen LogP contribution in [0.2, 0.25) is 0 Å². The third-order valence-corrected chi connectivity index (χ3v) is 10.2. The molecule has 0 nitrogen and oxygen atoms in total. The molecule has 0 spiro atoms. The Labute approximate surface area is 503 Å². The summed E-state index contributed by atoms with van der Waals surface area (Å²) in [6, 6.07) is 44.9. The first-order chi connectivity index (χ1) is 36.2. The minimum absolute atomic E-state index is 0. The Kier molecular flexibility index (Phi) is 79.6. The van der Waals surface area contributed by atoms with E-state index in [0.29, 0.717) is 11.3 Å². The van der Waals surface area contributed by atoms with E-state index in [9.17, 15) is 0 Å². The van der Waals surface area contributed by atoms with Crippen LogP contribution in [-0.4, -0.2) is 0 Å². The Balaban J connectivity index is -0.0000000981. The SMILES string of the molecule is C.CC.CC(C)(C)C.CC(C)C.CCC.CCC(C)C.CCC(C)C.CCCC.CCCCC.CCc1ccc(C)cc1.Cc1ccc(C(C)(C)C)cc1.Cc1ccc(C(C)C)cc1.Cc1ccc(C)cc1.Cc1ccccc1. The summed E-state index contributed by atoms with van der Waals surface area (Å²) in [5.41, 5.74) is 13.0. The van der Waals surface area contributed by atoms with Gasteiger partial charge in [-0.2, -0.15) is 0 Å². The Hall–Kier alpha value is -3.90. The van der Waals surface area contributed by atoms with Gasteiger partial charge < -0.3 is 0 Å². The molecule has 0 saturated carbocycles. The fourth-order valence-electron chi connectivity index (χ4n) is 4.35. The van der Waals surface area contributed by atoms with Crippen LogP contribution in [0.4, 0.5) is 0 Å². The Bertz CT molecular complexity index is 1740. The highest BCUT2D eigenvalue weighted by atomic mass is 14.2. The molecule has 0 saturated heterocycles. The van der Waals surface area contributed by atoms with E-state index in [1.165, 1.54) is 101 Å².